The molecule has 0 N–H and O–H groups in total. The van der Waals surface area contributed by atoms with E-state index in [9.17, 15) is 4.79 Å². The van der Waals surface area contributed by atoms with Gasteiger partial charge in [-0.05, 0) is 36.8 Å². The van der Waals surface area contributed by atoms with Gasteiger partial charge >= 0.3 is 0 Å². The molecule has 25 heavy (non-hydrogen) atoms. The molecule has 2 aliphatic heterocycles. The molecule has 1 aromatic heterocycles. The van der Waals surface area contributed by atoms with Crippen molar-refractivity contribution in [1.82, 2.24) is 4.90 Å². The minimum atomic E-state index is 0.00130. The Morgan fingerprint density at radius 3 is 2.84 bits per heavy atom. The maximum atomic E-state index is 12.8. The molecule has 0 radical (unpaired) electrons. The summed E-state index contributed by atoms with van der Waals surface area (Å²) in [6, 6.07) is 9.60. The number of carbonyl (C=O) groups is 1. The zero-order valence-electron chi connectivity index (χ0n) is 14.7. The molecule has 1 spiro atoms. The van der Waals surface area contributed by atoms with Crippen LogP contribution in [0.2, 0.25) is 0 Å². The molecule has 1 aromatic carbocycles. The maximum Gasteiger partial charge on any atom is 0.289 e. The highest BCUT2D eigenvalue weighted by molar-refractivity contribution is 5.96. The van der Waals surface area contributed by atoms with Gasteiger partial charge < -0.3 is 18.8 Å². The van der Waals surface area contributed by atoms with Crippen LogP contribution in [0.5, 0.6) is 0 Å². The molecule has 3 heterocycles. The molecule has 134 valence electrons. The van der Waals surface area contributed by atoms with E-state index in [1.807, 2.05) is 35.2 Å². The number of likely N-dealkylation sites (tertiary alicyclic amines) is 1. The Labute approximate surface area is 147 Å². The third-order valence-corrected chi connectivity index (χ3v) is 5.98. The number of para-hydroxylation sites is 1. The van der Waals surface area contributed by atoms with E-state index in [0.717, 1.165) is 63.1 Å². The first kappa shape index (κ1) is 16.6. The second kappa shape index (κ2) is 6.81. The molecule has 4 rings (SSSR count). The number of fused-ring (bicyclic) bond motifs is 1. The molecule has 0 unspecified atom stereocenters. The molecule has 1 amide bonds. The van der Waals surface area contributed by atoms with Crippen molar-refractivity contribution in [1.29, 1.82) is 0 Å². The summed E-state index contributed by atoms with van der Waals surface area (Å²) < 4.78 is 16.8. The number of hydrogen-bond donors (Lipinski definition) is 0. The molecule has 0 aliphatic carbocycles. The van der Waals surface area contributed by atoms with E-state index in [-0.39, 0.29) is 11.3 Å². The van der Waals surface area contributed by atoms with E-state index < -0.39 is 0 Å². The van der Waals surface area contributed by atoms with Crippen LogP contribution >= 0.6 is 0 Å². The van der Waals surface area contributed by atoms with Crippen LogP contribution in [0, 0.1) is 11.3 Å². The lowest BCUT2D eigenvalue weighted by Crippen LogP contribution is -2.50. The van der Waals surface area contributed by atoms with Gasteiger partial charge in [0.2, 0.25) is 0 Å². The number of furan rings is 1. The van der Waals surface area contributed by atoms with Crippen LogP contribution in [0.3, 0.4) is 0 Å². The van der Waals surface area contributed by atoms with Gasteiger partial charge in [-0.2, -0.15) is 0 Å². The van der Waals surface area contributed by atoms with Crippen LogP contribution < -0.4 is 0 Å². The SMILES string of the molecule is COC[C@H]1COCCC12CCN(C(=O)c1cc3ccccc3o1)CC2. The number of nitrogens with zero attached hydrogens (tertiary/aromatic N) is 1. The first-order chi connectivity index (χ1) is 12.2. The largest absolute Gasteiger partial charge is 0.451 e. The van der Waals surface area contributed by atoms with Crippen molar-refractivity contribution in [3.05, 3.63) is 36.1 Å². The van der Waals surface area contributed by atoms with E-state index >= 15 is 0 Å². The summed E-state index contributed by atoms with van der Waals surface area (Å²) in [6.45, 7) is 3.87. The van der Waals surface area contributed by atoms with Crippen molar-refractivity contribution in [2.24, 2.45) is 11.3 Å². The van der Waals surface area contributed by atoms with Crippen LogP contribution in [0.25, 0.3) is 11.0 Å². The fraction of sp³-hybridized carbons (Fsp3) is 0.550. The van der Waals surface area contributed by atoms with E-state index in [0.29, 0.717) is 11.7 Å². The van der Waals surface area contributed by atoms with Crippen molar-refractivity contribution < 1.29 is 18.7 Å². The second-order valence-corrected chi connectivity index (χ2v) is 7.28. The van der Waals surface area contributed by atoms with Crippen LogP contribution in [0.4, 0.5) is 0 Å². The molecular weight excluding hydrogens is 318 g/mol. The summed E-state index contributed by atoms with van der Waals surface area (Å²) in [6.07, 6.45) is 3.08. The number of rotatable bonds is 3. The Bertz CT molecular complexity index is 710. The van der Waals surface area contributed by atoms with Crippen molar-refractivity contribution in [2.45, 2.75) is 19.3 Å². The van der Waals surface area contributed by atoms with Crippen LogP contribution in [-0.4, -0.2) is 50.8 Å². The third kappa shape index (κ3) is 3.07. The predicted molar refractivity (Wildman–Crippen MR) is 94.6 cm³/mol. The smallest absolute Gasteiger partial charge is 0.289 e. The summed E-state index contributed by atoms with van der Waals surface area (Å²) in [7, 11) is 1.75. The number of ether oxygens (including phenoxy) is 2. The van der Waals surface area contributed by atoms with Crippen molar-refractivity contribution in [2.75, 3.05) is 40.0 Å². The zero-order valence-corrected chi connectivity index (χ0v) is 14.7. The Kier molecular flexibility index (Phi) is 4.52. The fourth-order valence-electron chi connectivity index (χ4n) is 4.36. The second-order valence-electron chi connectivity index (χ2n) is 7.28. The topological polar surface area (TPSA) is 51.9 Å². The zero-order chi connectivity index (χ0) is 17.3. The quantitative estimate of drug-likeness (QED) is 0.858. The average Bonchev–Trinajstić information content (AvgIpc) is 3.08. The van der Waals surface area contributed by atoms with E-state index in [2.05, 4.69) is 0 Å². The standard InChI is InChI=1S/C20H25NO4/c1-23-13-16-14-24-11-8-20(16)6-9-21(10-7-20)19(22)18-12-15-4-2-3-5-17(15)25-18/h2-5,12,16H,6-11,13-14H2,1H3/t16-/m0/s1. The molecule has 5 heteroatoms. The van der Waals surface area contributed by atoms with Gasteiger partial charge in [-0.1, -0.05) is 18.2 Å². The maximum absolute atomic E-state index is 12.8. The summed E-state index contributed by atoms with van der Waals surface area (Å²) in [4.78, 5) is 14.8. The molecule has 2 aromatic rings. The van der Waals surface area contributed by atoms with Crippen LogP contribution in [0.1, 0.15) is 29.8 Å². The Balaban J connectivity index is 1.46. The van der Waals surface area contributed by atoms with Gasteiger partial charge in [0.1, 0.15) is 5.58 Å². The molecule has 2 aliphatic rings. The van der Waals surface area contributed by atoms with Gasteiger partial charge in [0.25, 0.3) is 5.91 Å². The Morgan fingerprint density at radius 1 is 1.28 bits per heavy atom. The van der Waals surface area contributed by atoms with Gasteiger partial charge in [-0.15, -0.1) is 0 Å². The lowest BCUT2D eigenvalue weighted by molar-refractivity contribution is -0.0913. The van der Waals surface area contributed by atoms with Crippen molar-refractivity contribution >= 4 is 16.9 Å². The van der Waals surface area contributed by atoms with Gasteiger partial charge in [0, 0.05) is 38.1 Å². The van der Waals surface area contributed by atoms with Crippen molar-refractivity contribution in [3.8, 4) is 0 Å². The average molecular weight is 343 g/mol. The molecule has 2 fully saturated rings. The molecule has 0 saturated carbocycles. The molecular formula is C20H25NO4. The number of carbonyl (C=O) groups excluding carboxylic acids is 1. The van der Waals surface area contributed by atoms with E-state index in [4.69, 9.17) is 13.9 Å². The highest BCUT2D eigenvalue weighted by Gasteiger charge is 2.44. The first-order valence-corrected chi connectivity index (χ1v) is 9.06. The fourth-order valence-corrected chi connectivity index (χ4v) is 4.36. The van der Waals surface area contributed by atoms with E-state index in [1.165, 1.54) is 0 Å². The number of hydrogen-bond acceptors (Lipinski definition) is 4. The number of benzene rings is 1. The highest BCUT2D eigenvalue weighted by atomic mass is 16.5. The minimum absolute atomic E-state index is 0.00130. The Hall–Kier alpha value is -1.85. The van der Waals surface area contributed by atoms with Gasteiger partial charge in [-0.25, -0.2) is 0 Å². The molecule has 5 nitrogen and oxygen atoms in total. The summed E-state index contributed by atoms with van der Waals surface area (Å²) in [5, 5.41) is 0.976. The first-order valence-electron chi connectivity index (χ1n) is 9.06. The van der Waals surface area contributed by atoms with Gasteiger partial charge in [0.15, 0.2) is 5.76 Å². The summed E-state index contributed by atoms with van der Waals surface area (Å²) in [5.41, 5.74) is 1.02. The van der Waals surface area contributed by atoms with Gasteiger partial charge in [-0.3, -0.25) is 4.79 Å². The van der Waals surface area contributed by atoms with Crippen molar-refractivity contribution in [3.63, 3.8) is 0 Å². The summed E-state index contributed by atoms with van der Waals surface area (Å²) in [5.74, 6) is 0.869. The third-order valence-electron chi connectivity index (χ3n) is 5.98. The minimum Gasteiger partial charge on any atom is -0.451 e. The normalized spacial score (nSPS) is 23.2. The predicted octanol–water partition coefficient (Wildman–Crippen LogP) is 3.34. The molecule has 0 bridgehead atoms. The lowest BCUT2D eigenvalue weighted by Gasteiger charge is -2.48. The highest BCUT2D eigenvalue weighted by Crippen LogP contribution is 2.45. The lowest BCUT2D eigenvalue weighted by atomic mass is 9.66. The number of methoxy groups -OCH3 is 1. The van der Waals surface area contributed by atoms with Crippen LogP contribution in [-0.2, 0) is 9.47 Å². The van der Waals surface area contributed by atoms with E-state index in [1.54, 1.807) is 7.11 Å². The molecule has 1 atom stereocenters. The molecule has 2 saturated heterocycles. The van der Waals surface area contributed by atoms with Crippen LogP contribution in [0.15, 0.2) is 34.7 Å². The van der Waals surface area contributed by atoms with Gasteiger partial charge in [0.05, 0.1) is 13.2 Å². The number of amides is 1. The monoisotopic (exact) mass is 343 g/mol. The number of piperidine rings is 1. The Morgan fingerprint density at radius 2 is 2.08 bits per heavy atom. The summed E-state index contributed by atoms with van der Waals surface area (Å²) >= 11 is 0.